The fraction of sp³-hybridized carbons (Fsp3) is 0.375. The number of rotatable bonds is 12. The molecule has 1 aromatic carbocycles. The van der Waals surface area contributed by atoms with Gasteiger partial charge in [-0.1, -0.05) is 56.3 Å². The molecule has 31 heavy (non-hydrogen) atoms. The maximum absolute atomic E-state index is 13.3. The van der Waals surface area contributed by atoms with Crippen molar-refractivity contribution in [2.24, 2.45) is 17.8 Å². The number of carbonyl (C=O) groups excluding carboxylic acids is 3. The number of hydrogen-bond acceptors (Lipinski definition) is 5. The molecule has 0 saturated carbocycles. The fourth-order valence-electron chi connectivity index (χ4n) is 3.61. The standard InChI is InChI=1S/C24H30N2O4S/c1-4-9-18(24(29)26-30)19(14-16(2)3)23(28)25-20(15-17-10-6-5-7-11-17)22(27)21-12-8-13-31-21/h4-8,10-13,16,18-20,30H,1,9,14-15H2,2-3H3,(H,25,28)(H,26,29)/t18-,19+,20?/m0/s1. The van der Waals surface area contributed by atoms with Gasteiger partial charge in [-0.2, -0.15) is 0 Å². The van der Waals surface area contributed by atoms with E-state index in [-0.39, 0.29) is 24.0 Å². The quantitative estimate of drug-likeness (QED) is 0.200. The Morgan fingerprint density at radius 2 is 1.77 bits per heavy atom. The van der Waals surface area contributed by atoms with Crippen molar-refractivity contribution < 1.29 is 19.6 Å². The molecule has 0 aliphatic heterocycles. The minimum Gasteiger partial charge on any atom is -0.345 e. The van der Waals surface area contributed by atoms with Crippen LogP contribution in [0.15, 0.2) is 60.5 Å². The summed E-state index contributed by atoms with van der Waals surface area (Å²) in [5.41, 5.74) is 2.59. The largest absolute Gasteiger partial charge is 0.345 e. The summed E-state index contributed by atoms with van der Waals surface area (Å²) < 4.78 is 0. The van der Waals surface area contributed by atoms with Crippen LogP contribution >= 0.6 is 11.3 Å². The number of benzene rings is 1. The van der Waals surface area contributed by atoms with E-state index in [1.165, 1.54) is 11.3 Å². The molecule has 0 radical (unpaired) electrons. The van der Waals surface area contributed by atoms with Crippen LogP contribution < -0.4 is 10.8 Å². The Labute approximate surface area is 187 Å². The molecular formula is C24H30N2O4S. The van der Waals surface area contributed by atoms with Crippen molar-refractivity contribution in [1.82, 2.24) is 10.8 Å². The third-order valence-electron chi connectivity index (χ3n) is 5.10. The van der Waals surface area contributed by atoms with Gasteiger partial charge in [0.15, 0.2) is 5.78 Å². The van der Waals surface area contributed by atoms with E-state index >= 15 is 0 Å². The Morgan fingerprint density at radius 1 is 1.06 bits per heavy atom. The molecule has 1 heterocycles. The normalized spacial score (nSPS) is 13.8. The number of allylic oxidation sites excluding steroid dienone is 1. The Bertz CT molecular complexity index is 865. The van der Waals surface area contributed by atoms with Gasteiger partial charge in [0.1, 0.15) is 0 Å². The van der Waals surface area contributed by atoms with Gasteiger partial charge in [0, 0.05) is 6.42 Å². The number of amides is 2. The average molecular weight is 443 g/mol. The number of ketones is 1. The maximum atomic E-state index is 13.3. The minimum absolute atomic E-state index is 0.134. The van der Waals surface area contributed by atoms with Crippen molar-refractivity contribution in [2.45, 2.75) is 39.2 Å². The molecule has 7 heteroatoms. The molecule has 1 unspecified atom stereocenters. The highest BCUT2D eigenvalue weighted by Crippen LogP contribution is 2.25. The predicted molar refractivity (Wildman–Crippen MR) is 122 cm³/mol. The molecule has 6 nitrogen and oxygen atoms in total. The zero-order valence-electron chi connectivity index (χ0n) is 17.9. The van der Waals surface area contributed by atoms with Crippen LogP contribution in [0.4, 0.5) is 0 Å². The lowest BCUT2D eigenvalue weighted by molar-refractivity contribution is -0.140. The van der Waals surface area contributed by atoms with E-state index in [2.05, 4.69) is 11.9 Å². The van der Waals surface area contributed by atoms with Crippen LogP contribution in [-0.2, 0) is 16.0 Å². The molecule has 0 aliphatic carbocycles. The Morgan fingerprint density at radius 3 is 2.32 bits per heavy atom. The van der Waals surface area contributed by atoms with Gasteiger partial charge < -0.3 is 5.32 Å². The predicted octanol–water partition coefficient (Wildman–Crippen LogP) is 4.02. The molecule has 2 aromatic rings. The SMILES string of the molecule is C=CC[C@H](C(=O)NO)[C@@H](CC(C)C)C(=O)NC(Cc1ccccc1)C(=O)c1cccs1. The number of Topliss-reactive ketones (excluding diaryl/α,β-unsaturated/α-hetero) is 1. The van der Waals surface area contributed by atoms with E-state index < -0.39 is 23.8 Å². The van der Waals surface area contributed by atoms with Gasteiger partial charge in [-0.15, -0.1) is 17.9 Å². The van der Waals surface area contributed by atoms with Crippen molar-refractivity contribution in [3.05, 3.63) is 70.9 Å². The van der Waals surface area contributed by atoms with Gasteiger partial charge >= 0.3 is 0 Å². The van der Waals surface area contributed by atoms with E-state index in [0.29, 0.717) is 17.7 Å². The molecule has 0 spiro atoms. The highest BCUT2D eigenvalue weighted by atomic mass is 32.1. The number of hydrogen-bond donors (Lipinski definition) is 3. The Kier molecular flexibility index (Phi) is 9.62. The van der Waals surface area contributed by atoms with Crippen LogP contribution in [0.3, 0.4) is 0 Å². The fourth-order valence-corrected chi connectivity index (χ4v) is 4.33. The number of carbonyl (C=O) groups is 3. The monoisotopic (exact) mass is 442 g/mol. The summed E-state index contributed by atoms with van der Waals surface area (Å²) in [4.78, 5) is 39.3. The minimum atomic E-state index is -0.779. The van der Waals surface area contributed by atoms with Crippen molar-refractivity contribution >= 4 is 28.9 Å². The molecule has 2 amide bonds. The second kappa shape index (κ2) is 12.2. The van der Waals surface area contributed by atoms with Crippen LogP contribution in [0.5, 0.6) is 0 Å². The van der Waals surface area contributed by atoms with Gasteiger partial charge in [-0.3, -0.25) is 19.6 Å². The lowest BCUT2D eigenvalue weighted by atomic mass is 9.82. The molecular weight excluding hydrogens is 412 g/mol. The van der Waals surface area contributed by atoms with Crippen molar-refractivity contribution in [3.8, 4) is 0 Å². The van der Waals surface area contributed by atoms with Crippen LogP contribution in [0.25, 0.3) is 0 Å². The van der Waals surface area contributed by atoms with Gasteiger partial charge in [-0.25, -0.2) is 5.48 Å². The van der Waals surface area contributed by atoms with Gasteiger partial charge in [0.05, 0.1) is 22.8 Å². The van der Waals surface area contributed by atoms with E-state index in [0.717, 1.165) is 5.56 Å². The molecule has 0 fully saturated rings. The maximum Gasteiger partial charge on any atom is 0.247 e. The summed E-state index contributed by atoms with van der Waals surface area (Å²) >= 11 is 1.33. The topological polar surface area (TPSA) is 95.5 Å². The first kappa shape index (κ1) is 24.5. The number of nitrogens with one attached hydrogen (secondary N) is 2. The van der Waals surface area contributed by atoms with Crippen LogP contribution in [0.1, 0.15) is 41.9 Å². The average Bonchev–Trinajstić information content (AvgIpc) is 3.30. The lowest BCUT2D eigenvalue weighted by Crippen LogP contribution is -2.48. The summed E-state index contributed by atoms with van der Waals surface area (Å²) in [7, 11) is 0. The molecule has 0 saturated heterocycles. The van der Waals surface area contributed by atoms with E-state index in [1.807, 2.05) is 49.6 Å². The molecule has 166 valence electrons. The molecule has 1 aromatic heterocycles. The lowest BCUT2D eigenvalue weighted by Gasteiger charge is -2.27. The van der Waals surface area contributed by atoms with Crippen molar-refractivity contribution in [2.75, 3.05) is 0 Å². The van der Waals surface area contributed by atoms with E-state index in [1.54, 1.807) is 23.7 Å². The summed E-state index contributed by atoms with van der Waals surface area (Å²) in [6.45, 7) is 7.59. The number of thiophene rings is 1. The zero-order valence-corrected chi connectivity index (χ0v) is 18.7. The van der Waals surface area contributed by atoms with E-state index in [9.17, 15) is 14.4 Å². The van der Waals surface area contributed by atoms with Crippen LogP contribution in [0.2, 0.25) is 0 Å². The zero-order chi connectivity index (χ0) is 22.8. The first-order chi connectivity index (χ1) is 14.9. The Balaban J connectivity index is 2.31. The van der Waals surface area contributed by atoms with Crippen molar-refractivity contribution in [1.29, 1.82) is 0 Å². The highest BCUT2D eigenvalue weighted by molar-refractivity contribution is 7.12. The van der Waals surface area contributed by atoms with Crippen LogP contribution in [-0.4, -0.2) is 28.8 Å². The summed E-state index contributed by atoms with van der Waals surface area (Å²) in [6.07, 6.45) is 2.57. The van der Waals surface area contributed by atoms with Crippen molar-refractivity contribution in [3.63, 3.8) is 0 Å². The second-order valence-electron chi connectivity index (χ2n) is 7.94. The molecule has 2 rings (SSSR count). The van der Waals surface area contributed by atoms with Gasteiger partial charge in [-0.05, 0) is 35.8 Å². The van der Waals surface area contributed by atoms with Gasteiger partial charge in [0.25, 0.3) is 0 Å². The highest BCUT2D eigenvalue weighted by Gasteiger charge is 2.35. The first-order valence-corrected chi connectivity index (χ1v) is 11.2. The molecule has 0 aliphatic rings. The summed E-state index contributed by atoms with van der Waals surface area (Å²) in [5.74, 6) is -2.53. The third kappa shape index (κ3) is 7.15. The first-order valence-electron chi connectivity index (χ1n) is 10.3. The smallest absolute Gasteiger partial charge is 0.247 e. The van der Waals surface area contributed by atoms with Gasteiger partial charge in [0.2, 0.25) is 11.8 Å². The number of hydroxylamine groups is 1. The summed E-state index contributed by atoms with van der Waals surface area (Å²) in [5, 5.41) is 13.9. The summed E-state index contributed by atoms with van der Waals surface area (Å²) in [6, 6.07) is 12.3. The third-order valence-corrected chi connectivity index (χ3v) is 5.98. The molecule has 0 bridgehead atoms. The van der Waals surface area contributed by atoms with Crippen LogP contribution in [0, 0.1) is 17.8 Å². The Hall–Kier alpha value is -2.77. The van der Waals surface area contributed by atoms with E-state index in [4.69, 9.17) is 5.21 Å². The second-order valence-corrected chi connectivity index (χ2v) is 8.88. The molecule has 3 N–H and O–H groups in total. The molecule has 3 atom stereocenters.